The van der Waals surface area contributed by atoms with E-state index in [9.17, 15) is 4.79 Å². The molecular formula is C15H9BrN4O2S. The third-order valence-electron chi connectivity index (χ3n) is 3.34. The van der Waals surface area contributed by atoms with Crippen LogP contribution in [0.15, 0.2) is 55.1 Å². The summed E-state index contributed by atoms with van der Waals surface area (Å²) in [5.41, 5.74) is 1.41. The standard InChI is InChI=1S/C15H9BrN4O2S/c16-10-1-2-12-11(5-10)15(21)20(8-17-12)6-13-18-14(19-22-13)9-3-4-23-7-9/h1-5,7-8H,6H2. The molecule has 6 nitrogen and oxygen atoms in total. The van der Waals surface area contributed by atoms with Gasteiger partial charge >= 0.3 is 0 Å². The van der Waals surface area contributed by atoms with Gasteiger partial charge in [-0.2, -0.15) is 16.3 Å². The molecule has 23 heavy (non-hydrogen) atoms. The van der Waals surface area contributed by atoms with E-state index in [1.807, 2.05) is 22.9 Å². The first kappa shape index (κ1) is 14.3. The summed E-state index contributed by atoms with van der Waals surface area (Å²) in [5.74, 6) is 0.884. The Morgan fingerprint density at radius 1 is 1.30 bits per heavy atom. The van der Waals surface area contributed by atoms with Crippen LogP contribution in [0.1, 0.15) is 5.89 Å². The van der Waals surface area contributed by atoms with Crippen LogP contribution in [0.5, 0.6) is 0 Å². The van der Waals surface area contributed by atoms with E-state index < -0.39 is 0 Å². The van der Waals surface area contributed by atoms with Gasteiger partial charge in [-0.1, -0.05) is 21.1 Å². The largest absolute Gasteiger partial charge is 0.337 e. The van der Waals surface area contributed by atoms with Gasteiger partial charge in [0, 0.05) is 15.4 Å². The molecule has 0 fully saturated rings. The molecule has 0 aliphatic rings. The van der Waals surface area contributed by atoms with E-state index in [-0.39, 0.29) is 12.1 Å². The lowest BCUT2D eigenvalue weighted by Gasteiger charge is -2.03. The van der Waals surface area contributed by atoms with E-state index in [0.29, 0.717) is 22.6 Å². The SMILES string of the molecule is O=c1c2cc(Br)ccc2ncn1Cc1nc(-c2ccsc2)no1. The molecule has 3 aromatic heterocycles. The number of halogens is 1. The average Bonchev–Trinajstić information content (AvgIpc) is 3.22. The molecule has 0 aliphatic carbocycles. The molecule has 0 saturated heterocycles. The van der Waals surface area contributed by atoms with Crippen molar-refractivity contribution in [2.24, 2.45) is 0 Å². The highest BCUT2D eigenvalue weighted by Crippen LogP contribution is 2.19. The second-order valence-electron chi connectivity index (χ2n) is 4.86. The summed E-state index contributed by atoms with van der Waals surface area (Å²) in [4.78, 5) is 21.1. The fourth-order valence-electron chi connectivity index (χ4n) is 2.22. The molecule has 0 unspecified atom stereocenters. The van der Waals surface area contributed by atoms with E-state index in [1.54, 1.807) is 23.5 Å². The number of hydrogen-bond acceptors (Lipinski definition) is 6. The summed E-state index contributed by atoms with van der Waals surface area (Å²) >= 11 is 4.93. The molecule has 0 bridgehead atoms. The molecule has 8 heteroatoms. The van der Waals surface area contributed by atoms with Crippen molar-refractivity contribution >= 4 is 38.2 Å². The maximum Gasteiger partial charge on any atom is 0.261 e. The monoisotopic (exact) mass is 388 g/mol. The van der Waals surface area contributed by atoms with Gasteiger partial charge in [0.15, 0.2) is 0 Å². The Morgan fingerprint density at radius 2 is 2.22 bits per heavy atom. The second-order valence-corrected chi connectivity index (χ2v) is 6.56. The lowest BCUT2D eigenvalue weighted by Crippen LogP contribution is -2.21. The third-order valence-corrected chi connectivity index (χ3v) is 4.52. The van der Waals surface area contributed by atoms with Crippen LogP contribution in [0.3, 0.4) is 0 Å². The van der Waals surface area contributed by atoms with Crippen molar-refractivity contribution < 1.29 is 4.52 Å². The number of benzene rings is 1. The van der Waals surface area contributed by atoms with Crippen LogP contribution in [-0.4, -0.2) is 19.7 Å². The van der Waals surface area contributed by atoms with Crippen molar-refractivity contribution in [2.75, 3.05) is 0 Å². The van der Waals surface area contributed by atoms with E-state index in [1.165, 1.54) is 10.9 Å². The van der Waals surface area contributed by atoms with Gasteiger partial charge in [0.05, 0.1) is 17.2 Å². The highest BCUT2D eigenvalue weighted by atomic mass is 79.9. The lowest BCUT2D eigenvalue weighted by atomic mass is 10.2. The van der Waals surface area contributed by atoms with Crippen LogP contribution in [0.25, 0.3) is 22.3 Å². The van der Waals surface area contributed by atoms with Crippen molar-refractivity contribution in [2.45, 2.75) is 6.54 Å². The Balaban J connectivity index is 1.70. The predicted octanol–water partition coefficient (Wildman–Crippen LogP) is 3.32. The van der Waals surface area contributed by atoms with Crippen LogP contribution in [0.2, 0.25) is 0 Å². The molecule has 0 radical (unpaired) electrons. The van der Waals surface area contributed by atoms with Gasteiger partial charge in [0.2, 0.25) is 11.7 Å². The van der Waals surface area contributed by atoms with Crippen molar-refractivity contribution in [3.8, 4) is 11.4 Å². The smallest absolute Gasteiger partial charge is 0.261 e. The van der Waals surface area contributed by atoms with Gasteiger partial charge in [-0.15, -0.1) is 0 Å². The molecule has 4 aromatic rings. The fraction of sp³-hybridized carbons (Fsp3) is 0.0667. The summed E-state index contributed by atoms with van der Waals surface area (Å²) in [5, 5.41) is 8.37. The zero-order valence-electron chi connectivity index (χ0n) is 11.6. The third kappa shape index (κ3) is 2.71. The van der Waals surface area contributed by atoms with Crippen molar-refractivity contribution in [3.63, 3.8) is 0 Å². The summed E-state index contributed by atoms with van der Waals surface area (Å²) < 4.78 is 7.52. The second kappa shape index (κ2) is 5.71. The van der Waals surface area contributed by atoms with Gasteiger partial charge in [0.1, 0.15) is 6.54 Å². The van der Waals surface area contributed by atoms with Gasteiger partial charge in [-0.25, -0.2) is 4.98 Å². The highest BCUT2D eigenvalue weighted by Gasteiger charge is 2.11. The molecule has 1 aromatic carbocycles. The Hall–Kier alpha value is -2.32. The topological polar surface area (TPSA) is 73.8 Å². The maximum atomic E-state index is 12.5. The fourth-order valence-corrected chi connectivity index (χ4v) is 3.21. The summed E-state index contributed by atoms with van der Waals surface area (Å²) in [6.07, 6.45) is 1.49. The Kier molecular flexibility index (Phi) is 3.55. The minimum absolute atomic E-state index is 0.147. The molecule has 3 heterocycles. The molecule has 4 rings (SSSR count). The first-order valence-corrected chi connectivity index (χ1v) is 8.44. The lowest BCUT2D eigenvalue weighted by molar-refractivity contribution is 0.369. The first-order valence-electron chi connectivity index (χ1n) is 6.70. The van der Waals surface area contributed by atoms with Gasteiger partial charge in [0.25, 0.3) is 5.56 Å². The number of rotatable bonds is 3. The molecule has 0 amide bonds. The van der Waals surface area contributed by atoms with Crippen LogP contribution < -0.4 is 5.56 Å². The quantitative estimate of drug-likeness (QED) is 0.538. The number of hydrogen-bond donors (Lipinski definition) is 0. The van der Waals surface area contributed by atoms with Crippen molar-refractivity contribution in [1.82, 2.24) is 19.7 Å². The van der Waals surface area contributed by atoms with E-state index >= 15 is 0 Å². The Bertz CT molecular complexity index is 1040. The molecule has 0 N–H and O–H groups in total. The molecule has 0 spiro atoms. The molecule has 114 valence electrons. The summed E-state index contributed by atoms with van der Waals surface area (Å²) in [7, 11) is 0. The van der Waals surface area contributed by atoms with E-state index in [0.717, 1.165) is 10.0 Å². The zero-order valence-corrected chi connectivity index (χ0v) is 14.0. The van der Waals surface area contributed by atoms with Gasteiger partial charge in [-0.3, -0.25) is 9.36 Å². The number of nitrogens with zero attached hydrogens (tertiary/aromatic N) is 4. The number of thiophene rings is 1. The van der Waals surface area contributed by atoms with Crippen LogP contribution >= 0.6 is 27.3 Å². The van der Waals surface area contributed by atoms with Crippen LogP contribution in [0.4, 0.5) is 0 Å². The minimum atomic E-state index is -0.147. The zero-order chi connectivity index (χ0) is 15.8. The van der Waals surface area contributed by atoms with Crippen LogP contribution in [0, 0.1) is 0 Å². The van der Waals surface area contributed by atoms with Gasteiger partial charge in [-0.05, 0) is 29.6 Å². The Morgan fingerprint density at radius 3 is 3.04 bits per heavy atom. The van der Waals surface area contributed by atoms with Crippen molar-refractivity contribution in [3.05, 3.63) is 62.1 Å². The van der Waals surface area contributed by atoms with E-state index in [4.69, 9.17) is 4.52 Å². The van der Waals surface area contributed by atoms with Gasteiger partial charge < -0.3 is 4.52 Å². The van der Waals surface area contributed by atoms with Crippen molar-refractivity contribution in [1.29, 1.82) is 0 Å². The average molecular weight is 389 g/mol. The predicted molar refractivity (Wildman–Crippen MR) is 90.4 cm³/mol. The molecule has 0 saturated carbocycles. The van der Waals surface area contributed by atoms with E-state index in [2.05, 4.69) is 31.1 Å². The molecule has 0 atom stereocenters. The normalized spacial score (nSPS) is 11.2. The Labute approximate surface area is 142 Å². The highest BCUT2D eigenvalue weighted by molar-refractivity contribution is 9.10. The molecular weight excluding hydrogens is 380 g/mol. The summed E-state index contributed by atoms with van der Waals surface area (Å²) in [6, 6.07) is 7.32. The number of fused-ring (bicyclic) bond motifs is 1. The maximum absolute atomic E-state index is 12.5. The molecule has 0 aliphatic heterocycles. The minimum Gasteiger partial charge on any atom is -0.337 e. The first-order chi connectivity index (χ1) is 11.2. The number of aromatic nitrogens is 4. The van der Waals surface area contributed by atoms with Crippen LogP contribution in [-0.2, 0) is 6.54 Å². The summed E-state index contributed by atoms with van der Waals surface area (Å²) in [6.45, 7) is 0.186.